The molecule has 0 atom stereocenters. The van der Waals surface area contributed by atoms with Crippen molar-refractivity contribution in [2.75, 3.05) is 26.7 Å². The predicted octanol–water partition coefficient (Wildman–Crippen LogP) is -0.734. The van der Waals surface area contributed by atoms with Crippen molar-refractivity contribution in [1.29, 1.82) is 0 Å². The zero-order valence-electron chi connectivity index (χ0n) is 8.45. The Hall–Kier alpha value is -1.23. The topological polar surface area (TPSA) is 57.7 Å². The molecule has 0 aromatic heterocycles. The number of carbonyl (C=O) groups excluding carboxylic acids is 3. The van der Waals surface area contributed by atoms with Gasteiger partial charge in [-0.15, -0.1) is 0 Å². The number of ketones is 1. The van der Waals surface area contributed by atoms with E-state index in [4.69, 9.17) is 0 Å². The molecule has 5 nitrogen and oxygen atoms in total. The number of carbonyl (C=O) groups is 3. The first kappa shape index (κ1) is 10.8. The van der Waals surface area contributed by atoms with E-state index in [1.54, 1.807) is 11.9 Å². The SMILES string of the molecule is CC(=O)CCN1C(=O)CN(C)CC1=O. The van der Waals surface area contributed by atoms with E-state index in [1.165, 1.54) is 11.8 Å². The van der Waals surface area contributed by atoms with E-state index in [-0.39, 0.29) is 43.7 Å². The molecule has 1 fully saturated rings. The smallest absolute Gasteiger partial charge is 0.243 e. The Balaban J connectivity index is 2.54. The number of hydrogen-bond acceptors (Lipinski definition) is 4. The summed E-state index contributed by atoms with van der Waals surface area (Å²) < 4.78 is 0. The lowest BCUT2D eigenvalue weighted by Crippen LogP contribution is -2.52. The summed E-state index contributed by atoms with van der Waals surface area (Å²) in [7, 11) is 1.72. The molecule has 1 aliphatic heterocycles. The van der Waals surface area contributed by atoms with Gasteiger partial charge in [0.2, 0.25) is 11.8 Å². The van der Waals surface area contributed by atoms with Gasteiger partial charge in [0.1, 0.15) is 5.78 Å². The lowest BCUT2D eigenvalue weighted by Gasteiger charge is -2.29. The van der Waals surface area contributed by atoms with Crippen molar-refractivity contribution in [1.82, 2.24) is 9.80 Å². The summed E-state index contributed by atoms with van der Waals surface area (Å²) in [6.07, 6.45) is 0.251. The predicted molar refractivity (Wildman–Crippen MR) is 49.5 cm³/mol. The first-order valence-corrected chi connectivity index (χ1v) is 4.52. The average Bonchev–Trinajstić information content (AvgIpc) is 2.01. The first-order valence-electron chi connectivity index (χ1n) is 4.52. The first-order chi connectivity index (χ1) is 6.50. The van der Waals surface area contributed by atoms with Crippen molar-refractivity contribution in [3.8, 4) is 0 Å². The Morgan fingerprint density at radius 3 is 2.21 bits per heavy atom. The number of nitrogens with zero attached hydrogens (tertiary/aromatic N) is 2. The number of amides is 2. The van der Waals surface area contributed by atoms with Crippen molar-refractivity contribution >= 4 is 17.6 Å². The van der Waals surface area contributed by atoms with Crippen molar-refractivity contribution in [2.45, 2.75) is 13.3 Å². The molecule has 0 aromatic carbocycles. The number of rotatable bonds is 3. The molecule has 1 aliphatic rings. The van der Waals surface area contributed by atoms with Crippen LogP contribution in [0.5, 0.6) is 0 Å². The number of hydrogen-bond donors (Lipinski definition) is 0. The van der Waals surface area contributed by atoms with Crippen molar-refractivity contribution in [3.05, 3.63) is 0 Å². The molecule has 0 aromatic rings. The fourth-order valence-corrected chi connectivity index (χ4v) is 1.35. The Morgan fingerprint density at radius 1 is 1.29 bits per heavy atom. The maximum absolute atomic E-state index is 11.4. The van der Waals surface area contributed by atoms with Gasteiger partial charge in [-0.1, -0.05) is 0 Å². The summed E-state index contributed by atoms with van der Waals surface area (Å²) in [5.74, 6) is -0.445. The third-order valence-corrected chi connectivity index (χ3v) is 2.10. The molecule has 5 heteroatoms. The summed E-state index contributed by atoms with van der Waals surface area (Å²) in [6, 6.07) is 0. The fourth-order valence-electron chi connectivity index (χ4n) is 1.35. The van der Waals surface area contributed by atoms with Gasteiger partial charge < -0.3 is 0 Å². The van der Waals surface area contributed by atoms with Crippen LogP contribution in [0.3, 0.4) is 0 Å². The Bertz CT molecular complexity index is 257. The summed E-state index contributed by atoms with van der Waals surface area (Å²) in [5, 5.41) is 0. The molecule has 0 unspecified atom stereocenters. The highest BCUT2D eigenvalue weighted by molar-refractivity contribution is 5.99. The van der Waals surface area contributed by atoms with Gasteiger partial charge in [0.25, 0.3) is 0 Å². The molecule has 0 bridgehead atoms. The van der Waals surface area contributed by atoms with Gasteiger partial charge in [-0.25, -0.2) is 0 Å². The van der Waals surface area contributed by atoms with Crippen LogP contribution in [-0.4, -0.2) is 54.1 Å². The number of imide groups is 1. The molecular weight excluding hydrogens is 184 g/mol. The number of piperazine rings is 1. The van der Waals surface area contributed by atoms with Crippen LogP contribution in [0.1, 0.15) is 13.3 Å². The quantitative estimate of drug-likeness (QED) is 0.561. The molecular formula is C9H14N2O3. The molecule has 0 spiro atoms. The molecule has 0 saturated carbocycles. The number of likely N-dealkylation sites (N-methyl/N-ethyl adjacent to an activating group) is 1. The van der Waals surface area contributed by atoms with E-state index >= 15 is 0 Å². The molecule has 78 valence electrons. The highest BCUT2D eigenvalue weighted by Gasteiger charge is 2.28. The minimum atomic E-state index is -0.218. The van der Waals surface area contributed by atoms with Crippen LogP contribution in [0.4, 0.5) is 0 Å². The third-order valence-electron chi connectivity index (χ3n) is 2.10. The minimum absolute atomic E-state index is 0.00970. The van der Waals surface area contributed by atoms with E-state index < -0.39 is 0 Å². The van der Waals surface area contributed by atoms with Crippen molar-refractivity contribution in [2.24, 2.45) is 0 Å². The summed E-state index contributed by atoms with van der Waals surface area (Å²) in [5.41, 5.74) is 0. The van der Waals surface area contributed by atoms with Crippen LogP contribution in [0.25, 0.3) is 0 Å². The molecule has 1 heterocycles. The van der Waals surface area contributed by atoms with Gasteiger partial charge in [-0.05, 0) is 14.0 Å². The van der Waals surface area contributed by atoms with Gasteiger partial charge in [0, 0.05) is 13.0 Å². The van der Waals surface area contributed by atoms with Crippen LogP contribution in [0.2, 0.25) is 0 Å². The molecule has 0 radical (unpaired) electrons. The van der Waals surface area contributed by atoms with Crippen LogP contribution in [-0.2, 0) is 14.4 Å². The molecule has 14 heavy (non-hydrogen) atoms. The van der Waals surface area contributed by atoms with Crippen LogP contribution >= 0.6 is 0 Å². The van der Waals surface area contributed by atoms with Crippen molar-refractivity contribution < 1.29 is 14.4 Å². The molecule has 1 saturated heterocycles. The molecule has 2 amide bonds. The van der Waals surface area contributed by atoms with Gasteiger partial charge in [0.05, 0.1) is 13.1 Å². The lowest BCUT2D eigenvalue weighted by atomic mass is 10.2. The van der Waals surface area contributed by atoms with E-state index in [1.807, 2.05) is 0 Å². The van der Waals surface area contributed by atoms with E-state index in [0.717, 1.165) is 0 Å². The Labute approximate surface area is 82.7 Å². The second-order valence-corrected chi connectivity index (χ2v) is 3.56. The Kier molecular flexibility index (Phi) is 3.35. The van der Waals surface area contributed by atoms with E-state index in [0.29, 0.717) is 0 Å². The van der Waals surface area contributed by atoms with Gasteiger partial charge >= 0.3 is 0 Å². The Morgan fingerprint density at radius 2 is 1.79 bits per heavy atom. The monoisotopic (exact) mass is 198 g/mol. The maximum Gasteiger partial charge on any atom is 0.243 e. The molecule has 0 aliphatic carbocycles. The molecule has 0 N–H and O–H groups in total. The number of Topliss-reactive ketones (excluding diaryl/α,β-unsaturated/α-hetero) is 1. The zero-order chi connectivity index (χ0) is 10.7. The third kappa shape index (κ3) is 2.63. The van der Waals surface area contributed by atoms with Crippen LogP contribution in [0, 0.1) is 0 Å². The van der Waals surface area contributed by atoms with Crippen LogP contribution in [0.15, 0.2) is 0 Å². The summed E-state index contributed by atoms with van der Waals surface area (Å²) in [6.45, 7) is 2.18. The van der Waals surface area contributed by atoms with Gasteiger partial charge in [0.15, 0.2) is 0 Å². The van der Waals surface area contributed by atoms with Gasteiger partial charge in [-0.2, -0.15) is 0 Å². The minimum Gasteiger partial charge on any atom is -0.300 e. The second kappa shape index (κ2) is 4.32. The van der Waals surface area contributed by atoms with Crippen molar-refractivity contribution in [3.63, 3.8) is 0 Å². The normalized spacial score (nSPS) is 18.9. The maximum atomic E-state index is 11.4. The average molecular weight is 198 g/mol. The fraction of sp³-hybridized carbons (Fsp3) is 0.667. The highest BCUT2D eigenvalue weighted by Crippen LogP contribution is 2.03. The summed E-state index contributed by atoms with van der Waals surface area (Å²) in [4.78, 5) is 36.3. The van der Waals surface area contributed by atoms with E-state index in [2.05, 4.69) is 0 Å². The van der Waals surface area contributed by atoms with E-state index in [9.17, 15) is 14.4 Å². The lowest BCUT2D eigenvalue weighted by molar-refractivity contribution is -0.150. The molecule has 1 rings (SSSR count). The standard InChI is InChI=1S/C9H14N2O3/c1-7(12)3-4-11-8(13)5-10(2)6-9(11)14/h3-6H2,1-2H3. The highest BCUT2D eigenvalue weighted by atomic mass is 16.2. The van der Waals surface area contributed by atoms with Crippen LogP contribution < -0.4 is 0 Å². The van der Waals surface area contributed by atoms with Gasteiger partial charge in [-0.3, -0.25) is 24.2 Å². The zero-order valence-corrected chi connectivity index (χ0v) is 8.45. The largest absolute Gasteiger partial charge is 0.300 e. The summed E-state index contributed by atoms with van der Waals surface area (Å²) >= 11 is 0. The second-order valence-electron chi connectivity index (χ2n) is 3.56.